The Morgan fingerprint density at radius 1 is 1.08 bits per heavy atom. The maximum atomic E-state index is 9.72. The highest BCUT2D eigenvalue weighted by atomic mass is 16.3. The molecule has 0 aromatic rings. The van der Waals surface area contributed by atoms with Crippen molar-refractivity contribution < 1.29 is 10.2 Å². The fourth-order valence-electron chi connectivity index (χ4n) is 2.10. The SMILES string of the molecule is CC(C)[C@@H]1C[C@@H](O)[C@@H](C)C[C@H]1O. The molecule has 0 unspecified atom stereocenters. The van der Waals surface area contributed by atoms with Gasteiger partial charge in [0.05, 0.1) is 12.2 Å². The molecule has 1 aliphatic carbocycles. The van der Waals surface area contributed by atoms with Crippen LogP contribution in [-0.2, 0) is 0 Å². The largest absolute Gasteiger partial charge is 0.393 e. The fraction of sp³-hybridized carbons (Fsp3) is 1.00. The van der Waals surface area contributed by atoms with Gasteiger partial charge in [0.25, 0.3) is 0 Å². The molecule has 12 heavy (non-hydrogen) atoms. The zero-order valence-electron chi connectivity index (χ0n) is 8.20. The van der Waals surface area contributed by atoms with E-state index in [9.17, 15) is 10.2 Å². The molecular formula is C10H20O2. The predicted molar refractivity (Wildman–Crippen MR) is 48.7 cm³/mol. The van der Waals surface area contributed by atoms with E-state index in [1.165, 1.54) is 0 Å². The number of rotatable bonds is 1. The highest BCUT2D eigenvalue weighted by Gasteiger charge is 2.34. The van der Waals surface area contributed by atoms with Gasteiger partial charge in [-0.2, -0.15) is 0 Å². The monoisotopic (exact) mass is 172 g/mol. The van der Waals surface area contributed by atoms with Crippen molar-refractivity contribution in [1.82, 2.24) is 0 Å². The molecule has 72 valence electrons. The third-order valence-corrected chi connectivity index (χ3v) is 3.13. The number of aliphatic hydroxyl groups excluding tert-OH is 2. The Labute approximate surface area is 74.6 Å². The lowest BCUT2D eigenvalue weighted by atomic mass is 9.74. The van der Waals surface area contributed by atoms with Crippen LogP contribution in [0, 0.1) is 17.8 Å². The minimum absolute atomic E-state index is 0.205. The molecule has 0 aromatic heterocycles. The lowest BCUT2D eigenvalue weighted by molar-refractivity contribution is -0.0413. The van der Waals surface area contributed by atoms with Gasteiger partial charge in [0.2, 0.25) is 0 Å². The van der Waals surface area contributed by atoms with E-state index in [0.29, 0.717) is 5.92 Å². The number of hydrogen-bond acceptors (Lipinski definition) is 2. The van der Waals surface area contributed by atoms with Gasteiger partial charge in [-0.3, -0.25) is 0 Å². The van der Waals surface area contributed by atoms with E-state index in [1.54, 1.807) is 0 Å². The van der Waals surface area contributed by atoms with Crippen LogP contribution >= 0.6 is 0 Å². The average Bonchev–Trinajstić information content (AvgIpc) is 1.96. The Kier molecular flexibility index (Phi) is 3.13. The maximum absolute atomic E-state index is 9.72. The minimum atomic E-state index is -0.208. The summed E-state index contributed by atoms with van der Waals surface area (Å²) in [6, 6.07) is 0. The van der Waals surface area contributed by atoms with Crippen molar-refractivity contribution in [2.45, 2.75) is 45.8 Å². The van der Waals surface area contributed by atoms with E-state index in [-0.39, 0.29) is 24.0 Å². The summed E-state index contributed by atoms with van der Waals surface area (Å²) < 4.78 is 0. The molecule has 0 spiro atoms. The van der Waals surface area contributed by atoms with Crippen molar-refractivity contribution in [3.8, 4) is 0 Å². The van der Waals surface area contributed by atoms with E-state index in [0.717, 1.165) is 12.8 Å². The minimum Gasteiger partial charge on any atom is -0.393 e. The smallest absolute Gasteiger partial charge is 0.0575 e. The third kappa shape index (κ3) is 1.99. The molecule has 0 aromatic carbocycles. The molecule has 1 rings (SSSR count). The Hall–Kier alpha value is -0.0800. The third-order valence-electron chi connectivity index (χ3n) is 3.13. The Balaban J connectivity index is 2.55. The highest BCUT2D eigenvalue weighted by Crippen LogP contribution is 2.33. The molecule has 1 aliphatic rings. The van der Waals surface area contributed by atoms with Gasteiger partial charge >= 0.3 is 0 Å². The second-order valence-electron chi connectivity index (χ2n) is 4.49. The van der Waals surface area contributed by atoms with Gasteiger partial charge < -0.3 is 10.2 Å². The lowest BCUT2D eigenvalue weighted by Gasteiger charge is -2.37. The summed E-state index contributed by atoms with van der Waals surface area (Å²) in [6.45, 7) is 6.22. The second-order valence-corrected chi connectivity index (χ2v) is 4.49. The summed E-state index contributed by atoms with van der Waals surface area (Å²) in [6.07, 6.45) is 1.11. The molecule has 1 fully saturated rings. The van der Waals surface area contributed by atoms with Crippen LogP contribution in [0.2, 0.25) is 0 Å². The van der Waals surface area contributed by atoms with Gasteiger partial charge in [-0.05, 0) is 30.6 Å². The molecule has 2 nitrogen and oxygen atoms in total. The van der Waals surface area contributed by atoms with Gasteiger partial charge in [0.15, 0.2) is 0 Å². The number of hydrogen-bond donors (Lipinski definition) is 2. The van der Waals surface area contributed by atoms with Crippen molar-refractivity contribution in [2.75, 3.05) is 0 Å². The van der Waals surface area contributed by atoms with Gasteiger partial charge in [0.1, 0.15) is 0 Å². The van der Waals surface area contributed by atoms with Crippen molar-refractivity contribution in [3.63, 3.8) is 0 Å². The lowest BCUT2D eigenvalue weighted by Crippen LogP contribution is -2.39. The fourth-order valence-corrected chi connectivity index (χ4v) is 2.10. The van der Waals surface area contributed by atoms with Crippen LogP contribution in [-0.4, -0.2) is 22.4 Å². The van der Waals surface area contributed by atoms with Crippen LogP contribution in [0.1, 0.15) is 33.6 Å². The molecular weight excluding hydrogens is 152 g/mol. The first kappa shape index (κ1) is 10.0. The van der Waals surface area contributed by atoms with E-state index in [4.69, 9.17) is 0 Å². The molecule has 0 amide bonds. The summed E-state index contributed by atoms with van der Waals surface area (Å²) in [5, 5.41) is 19.3. The molecule has 4 atom stereocenters. The topological polar surface area (TPSA) is 40.5 Å². The van der Waals surface area contributed by atoms with Crippen LogP contribution in [0.15, 0.2) is 0 Å². The maximum Gasteiger partial charge on any atom is 0.0575 e. The number of aliphatic hydroxyl groups is 2. The van der Waals surface area contributed by atoms with E-state index >= 15 is 0 Å². The van der Waals surface area contributed by atoms with Gasteiger partial charge in [-0.25, -0.2) is 0 Å². The zero-order valence-corrected chi connectivity index (χ0v) is 8.20. The van der Waals surface area contributed by atoms with Crippen molar-refractivity contribution in [1.29, 1.82) is 0 Å². The Bertz CT molecular complexity index is 145. The highest BCUT2D eigenvalue weighted by molar-refractivity contribution is 4.84. The zero-order chi connectivity index (χ0) is 9.30. The molecule has 0 heterocycles. The van der Waals surface area contributed by atoms with Crippen LogP contribution < -0.4 is 0 Å². The second kappa shape index (κ2) is 3.75. The Morgan fingerprint density at radius 3 is 2.17 bits per heavy atom. The standard InChI is InChI=1S/C10H20O2/c1-6(2)8-5-9(11)7(3)4-10(8)12/h6-12H,4-5H2,1-3H3/t7-,8-,9+,10+/m0/s1. The Morgan fingerprint density at radius 2 is 1.67 bits per heavy atom. The van der Waals surface area contributed by atoms with Crippen molar-refractivity contribution in [2.24, 2.45) is 17.8 Å². The van der Waals surface area contributed by atoms with E-state index < -0.39 is 0 Å². The quantitative estimate of drug-likeness (QED) is 0.628. The molecule has 0 radical (unpaired) electrons. The van der Waals surface area contributed by atoms with Gasteiger partial charge in [-0.1, -0.05) is 20.8 Å². The summed E-state index contributed by atoms with van der Waals surface area (Å²) in [5.41, 5.74) is 0. The molecule has 2 N–H and O–H groups in total. The van der Waals surface area contributed by atoms with Gasteiger partial charge in [-0.15, -0.1) is 0 Å². The van der Waals surface area contributed by atoms with Crippen LogP contribution in [0.5, 0.6) is 0 Å². The first-order chi connectivity index (χ1) is 5.52. The summed E-state index contributed by atoms with van der Waals surface area (Å²) >= 11 is 0. The predicted octanol–water partition coefficient (Wildman–Crippen LogP) is 1.41. The molecule has 0 aliphatic heterocycles. The van der Waals surface area contributed by atoms with Crippen molar-refractivity contribution in [3.05, 3.63) is 0 Å². The molecule has 2 heteroatoms. The van der Waals surface area contributed by atoms with Crippen LogP contribution in [0.4, 0.5) is 0 Å². The van der Waals surface area contributed by atoms with Gasteiger partial charge in [0, 0.05) is 0 Å². The van der Waals surface area contributed by atoms with E-state index in [1.807, 2.05) is 6.92 Å². The average molecular weight is 172 g/mol. The first-order valence-corrected chi connectivity index (χ1v) is 4.88. The molecule has 0 saturated heterocycles. The van der Waals surface area contributed by atoms with Crippen LogP contribution in [0.25, 0.3) is 0 Å². The van der Waals surface area contributed by atoms with E-state index in [2.05, 4.69) is 13.8 Å². The summed E-state index contributed by atoms with van der Waals surface area (Å²) in [5.74, 6) is 1.02. The molecule has 1 saturated carbocycles. The summed E-state index contributed by atoms with van der Waals surface area (Å²) in [7, 11) is 0. The molecule has 0 bridgehead atoms. The first-order valence-electron chi connectivity index (χ1n) is 4.88. The summed E-state index contributed by atoms with van der Waals surface area (Å²) in [4.78, 5) is 0. The van der Waals surface area contributed by atoms with Crippen molar-refractivity contribution >= 4 is 0 Å². The normalized spacial score (nSPS) is 43.5. The van der Waals surface area contributed by atoms with Crippen LogP contribution in [0.3, 0.4) is 0 Å².